The number of carbonyl (C=O) groups is 1. The third kappa shape index (κ3) is 5.87. The molecule has 0 aliphatic rings. The summed E-state index contributed by atoms with van der Waals surface area (Å²) in [4.78, 5) is 14.4. The Labute approximate surface area is 190 Å². The summed E-state index contributed by atoms with van der Waals surface area (Å²) in [5.74, 6) is 1.39. The molecule has 0 aliphatic carbocycles. The summed E-state index contributed by atoms with van der Waals surface area (Å²) in [6.45, 7) is 8.62. The van der Waals surface area contributed by atoms with Crippen LogP contribution in [0.3, 0.4) is 0 Å². The molecule has 1 heterocycles. The molecule has 1 amide bonds. The SMILES string of the molecule is Cc1ccc(CN(C)C(=O)c2ccc(CNS(=O)(=O)c3ccc(C(C)(C)C)cc3)cc2)o1. The van der Waals surface area contributed by atoms with E-state index in [0.717, 1.165) is 22.6 Å². The van der Waals surface area contributed by atoms with E-state index in [2.05, 4.69) is 25.5 Å². The topological polar surface area (TPSA) is 79.6 Å². The van der Waals surface area contributed by atoms with Gasteiger partial charge in [0, 0.05) is 19.2 Å². The van der Waals surface area contributed by atoms with E-state index < -0.39 is 10.0 Å². The van der Waals surface area contributed by atoms with Gasteiger partial charge in [-0.25, -0.2) is 13.1 Å². The van der Waals surface area contributed by atoms with E-state index in [-0.39, 0.29) is 22.8 Å². The number of nitrogens with zero attached hydrogens (tertiary/aromatic N) is 1. The van der Waals surface area contributed by atoms with E-state index in [1.807, 2.05) is 31.2 Å². The van der Waals surface area contributed by atoms with Gasteiger partial charge in [-0.2, -0.15) is 0 Å². The molecule has 0 fully saturated rings. The van der Waals surface area contributed by atoms with Crippen LogP contribution in [0.2, 0.25) is 0 Å². The summed E-state index contributed by atoms with van der Waals surface area (Å²) in [6, 6.07) is 17.6. The number of benzene rings is 2. The molecule has 7 heteroatoms. The van der Waals surface area contributed by atoms with Gasteiger partial charge >= 0.3 is 0 Å². The molecule has 1 N–H and O–H groups in total. The van der Waals surface area contributed by atoms with Gasteiger partial charge in [-0.15, -0.1) is 0 Å². The zero-order chi connectivity index (χ0) is 23.5. The molecule has 0 bridgehead atoms. The minimum Gasteiger partial charge on any atom is -0.464 e. The second-order valence-electron chi connectivity index (χ2n) is 8.97. The van der Waals surface area contributed by atoms with Crippen molar-refractivity contribution >= 4 is 15.9 Å². The van der Waals surface area contributed by atoms with Gasteiger partial charge in [0.15, 0.2) is 0 Å². The molecule has 32 heavy (non-hydrogen) atoms. The Balaban J connectivity index is 1.60. The van der Waals surface area contributed by atoms with Crippen molar-refractivity contribution in [3.05, 3.63) is 88.9 Å². The van der Waals surface area contributed by atoms with Gasteiger partial charge in [0.05, 0.1) is 11.4 Å². The normalized spacial score (nSPS) is 12.0. The molecule has 6 nitrogen and oxygen atoms in total. The van der Waals surface area contributed by atoms with E-state index in [1.54, 1.807) is 48.3 Å². The zero-order valence-corrected chi connectivity index (χ0v) is 20.0. The van der Waals surface area contributed by atoms with Crippen LogP contribution in [0.25, 0.3) is 0 Å². The maximum absolute atomic E-state index is 12.6. The van der Waals surface area contributed by atoms with Crippen molar-refractivity contribution in [1.29, 1.82) is 0 Å². The lowest BCUT2D eigenvalue weighted by Crippen LogP contribution is -2.26. The van der Waals surface area contributed by atoms with E-state index in [0.29, 0.717) is 12.1 Å². The molecular weight excluding hydrogens is 424 g/mol. The number of hydrogen-bond acceptors (Lipinski definition) is 4. The van der Waals surface area contributed by atoms with E-state index >= 15 is 0 Å². The van der Waals surface area contributed by atoms with Gasteiger partial charge < -0.3 is 9.32 Å². The Hall–Kier alpha value is -2.90. The Bertz CT molecular complexity index is 1170. The summed E-state index contributed by atoms with van der Waals surface area (Å²) in [5.41, 5.74) is 2.32. The highest BCUT2D eigenvalue weighted by Crippen LogP contribution is 2.23. The number of aryl methyl sites for hydroxylation is 1. The Morgan fingerprint density at radius 3 is 2.12 bits per heavy atom. The van der Waals surface area contributed by atoms with Crippen molar-refractivity contribution in [1.82, 2.24) is 9.62 Å². The lowest BCUT2D eigenvalue weighted by Gasteiger charge is -2.19. The monoisotopic (exact) mass is 454 g/mol. The van der Waals surface area contributed by atoms with E-state index in [1.165, 1.54) is 0 Å². The fourth-order valence-electron chi connectivity index (χ4n) is 3.26. The highest BCUT2D eigenvalue weighted by Gasteiger charge is 2.18. The third-order valence-corrected chi connectivity index (χ3v) is 6.65. The van der Waals surface area contributed by atoms with Crippen molar-refractivity contribution in [3.8, 4) is 0 Å². The van der Waals surface area contributed by atoms with Gasteiger partial charge in [0.2, 0.25) is 10.0 Å². The molecule has 0 aliphatic heterocycles. The zero-order valence-electron chi connectivity index (χ0n) is 19.2. The van der Waals surface area contributed by atoms with Crippen LogP contribution in [-0.2, 0) is 28.5 Å². The smallest absolute Gasteiger partial charge is 0.254 e. The minimum absolute atomic E-state index is 0.0418. The molecule has 0 saturated carbocycles. The quantitative estimate of drug-likeness (QED) is 0.564. The maximum atomic E-state index is 12.6. The van der Waals surface area contributed by atoms with E-state index in [4.69, 9.17) is 4.42 Å². The molecule has 0 saturated heterocycles. The molecule has 0 radical (unpaired) electrons. The maximum Gasteiger partial charge on any atom is 0.254 e. The molecule has 0 unspecified atom stereocenters. The van der Waals surface area contributed by atoms with Gasteiger partial charge in [0.25, 0.3) is 5.91 Å². The van der Waals surface area contributed by atoms with Crippen molar-refractivity contribution in [2.45, 2.75) is 51.1 Å². The molecule has 3 aromatic rings. The lowest BCUT2D eigenvalue weighted by atomic mass is 9.87. The van der Waals surface area contributed by atoms with Crippen LogP contribution in [-0.4, -0.2) is 26.3 Å². The van der Waals surface area contributed by atoms with Gasteiger partial charge in [-0.05, 0) is 59.9 Å². The Morgan fingerprint density at radius 2 is 1.59 bits per heavy atom. The second kappa shape index (κ2) is 9.30. The number of nitrogens with one attached hydrogen (secondary N) is 1. The molecule has 170 valence electrons. The first kappa shape index (κ1) is 23.8. The number of hydrogen-bond donors (Lipinski definition) is 1. The molecule has 2 aromatic carbocycles. The average Bonchev–Trinajstić information content (AvgIpc) is 3.16. The molecule has 0 spiro atoms. The van der Waals surface area contributed by atoms with Crippen LogP contribution < -0.4 is 4.72 Å². The predicted molar refractivity (Wildman–Crippen MR) is 125 cm³/mol. The molecular formula is C25H30N2O4S. The summed E-state index contributed by atoms with van der Waals surface area (Å²) in [7, 11) is -1.91. The van der Waals surface area contributed by atoms with Crippen LogP contribution in [0.4, 0.5) is 0 Å². The van der Waals surface area contributed by atoms with Crippen LogP contribution in [0.1, 0.15) is 53.8 Å². The third-order valence-electron chi connectivity index (χ3n) is 5.23. The summed E-state index contributed by atoms with van der Waals surface area (Å²) >= 11 is 0. The van der Waals surface area contributed by atoms with Crippen molar-refractivity contribution in [3.63, 3.8) is 0 Å². The first-order valence-corrected chi connectivity index (χ1v) is 11.9. The van der Waals surface area contributed by atoms with Gasteiger partial charge in [-0.1, -0.05) is 45.0 Å². The molecule has 0 atom stereocenters. The minimum atomic E-state index is -3.63. The fraction of sp³-hybridized carbons (Fsp3) is 0.320. The summed E-state index contributed by atoms with van der Waals surface area (Å²) in [6.07, 6.45) is 0. The Kier molecular flexibility index (Phi) is 6.91. The first-order chi connectivity index (χ1) is 15.0. The highest BCUT2D eigenvalue weighted by atomic mass is 32.2. The summed E-state index contributed by atoms with van der Waals surface area (Å²) < 4.78 is 33.4. The molecule has 1 aromatic heterocycles. The second-order valence-corrected chi connectivity index (χ2v) is 10.7. The van der Waals surface area contributed by atoms with Gasteiger partial charge in [-0.3, -0.25) is 4.79 Å². The standard InChI is InChI=1S/C25H30N2O4S/c1-18-6-13-22(31-18)17-27(5)24(28)20-9-7-19(8-10-20)16-26-32(29,30)23-14-11-21(12-15-23)25(2,3)4/h6-15,26H,16-17H2,1-5H3. The van der Waals surface area contributed by atoms with Gasteiger partial charge in [0.1, 0.15) is 11.5 Å². The fourth-order valence-corrected chi connectivity index (χ4v) is 4.27. The van der Waals surface area contributed by atoms with Crippen LogP contribution >= 0.6 is 0 Å². The number of furan rings is 1. The van der Waals surface area contributed by atoms with Crippen molar-refractivity contribution < 1.29 is 17.6 Å². The van der Waals surface area contributed by atoms with Crippen molar-refractivity contribution in [2.24, 2.45) is 0 Å². The van der Waals surface area contributed by atoms with Crippen LogP contribution in [0.15, 0.2) is 70.0 Å². The highest BCUT2D eigenvalue weighted by molar-refractivity contribution is 7.89. The predicted octanol–water partition coefficient (Wildman–Crippen LogP) is 4.64. The number of rotatable bonds is 7. The van der Waals surface area contributed by atoms with Crippen molar-refractivity contribution in [2.75, 3.05) is 7.05 Å². The van der Waals surface area contributed by atoms with Crippen LogP contribution in [0.5, 0.6) is 0 Å². The average molecular weight is 455 g/mol. The lowest BCUT2D eigenvalue weighted by molar-refractivity contribution is 0.0775. The number of amides is 1. The van der Waals surface area contributed by atoms with Crippen LogP contribution in [0, 0.1) is 6.92 Å². The van der Waals surface area contributed by atoms with E-state index in [9.17, 15) is 13.2 Å². The largest absolute Gasteiger partial charge is 0.464 e. The summed E-state index contributed by atoms with van der Waals surface area (Å²) in [5, 5.41) is 0. The first-order valence-electron chi connectivity index (χ1n) is 10.5. The number of carbonyl (C=O) groups excluding carboxylic acids is 1. The molecule has 3 rings (SSSR count). The number of sulfonamides is 1. The Morgan fingerprint density at radius 1 is 0.969 bits per heavy atom.